The summed E-state index contributed by atoms with van der Waals surface area (Å²) in [6.07, 6.45) is -1.01. The van der Waals surface area contributed by atoms with Gasteiger partial charge >= 0.3 is 6.18 Å². The summed E-state index contributed by atoms with van der Waals surface area (Å²) in [5.41, 5.74) is 0. The molecule has 104 valence electrons. The van der Waals surface area contributed by atoms with E-state index < -0.39 is 17.2 Å². The molecule has 1 atom stereocenters. The summed E-state index contributed by atoms with van der Waals surface area (Å²) in [6, 6.07) is -0.448. The number of hydrogen-bond donors (Lipinski definition) is 2. The van der Waals surface area contributed by atoms with Crippen molar-refractivity contribution < 1.29 is 13.2 Å². The number of H-pyrrole nitrogens is 1. The third-order valence-electron chi connectivity index (χ3n) is 2.36. The van der Waals surface area contributed by atoms with Gasteiger partial charge in [-0.2, -0.15) is 18.3 Å². The van der Waals surface area contributed by atoms with Gasteiger partial charge in [0.15, 0.2) is 5.01 Å². The van der Waals surface area contributed by atoms with E-state index in [1.807, 2.05) is 6.92 Å². The normalized spacial score (nSPS) is 13.7. The van der Waals surface area contributed by atoms with Crippen LogP contribution in [0.3, 0.4) is 0 Å². The lowest BCUT2D eigenvalue weighted by molar-refractivity contribution is -0.137. The standard InChI is InChI=1S/C10H12F3N5S/c1-2-3-14-7(8-16-5-17-18-8)6-4-15-9(19-6)10(11,12)13/h4-5,7,14H,2-3H2,1H3,(H,16,17,18). The van der Waals surface area contributed by atoms with Crippen LogP contribution in [0, 0.1) is 0 Å². The molecule has 0 saturated heterocycles. The second-order valence-electron chi connectivity index (χ2n) is 3.82. The van der Waals surface area contributed by atoms with Crippen molar-refractivity contribution in [2.75, 3.05) is 6.54 Å². The largest absolute Gasteiger partial charge is 0.443 e. The number of aromatic amines is 1. The maximum absolute atomic E-state index is 12.6. The van der Waals surface area contributed by atoms with Crippen LogP contribution in [0.4, 0.5) is 13.2 Å². The first-order valence-electron chi connectivity index (χ1n) is 5.64. The highest BCUT2D eigenvalue weighted by atomic mass is 32.1. The first-order valence-corrected chi connectivity index (χ1v) is 6.45. The van der Waals surface area contributed by atoms with Crippen LogP contribution in [0.1, 0.15) is 35.1 Å². The van der Waals surface area contributed by atoms with Gasteiger partial charge < -0.3 is 5.32 Å². The molecule has 2 aromatic heterocycles. The monoisotopic (exact) mass is 291 g/mol. The van der Waals surface area contributed by atoms with E-state index in [1.165, 1.54) is 12.5 Å². The zero-order valence-corrected chi connectivity index (χ0v) is 10.8. The second-order valence-corrected chi connectivity index (χ2v) is 4.89. The van der Waals surface area contributed by atoms with E-state index in [0.29, 0.717) is 28.6 Å². The lowest BCUT2D eigenvalue weighted by Gasteiger charge is -2.13. The molecule has 0 amide bonds. The smallest absolute Gasteiger partial charge is 0.303 e. The summed E-state index contributed by atoms with van der Waals surface area (Å²) < 4.78 is 37.7. The quantitative estimate of drug-likeness (QED) is 0.887. The number of aromatic nitrogens is 4. The van der Waals surface area contributed by atoms with E-state index in [-0.39, 0.29) is 0 Å². The summed E-state index contributed by atoms with van der Waals surface area (Å²) >= 11 is 0.610. The Morgan fingerprint density at radius 1 is 1.42 bits per heavy atom. The third kappa shape index (κ3) is 3.29. The fourth-order valence-electron chi connectivity index (χ4n) is 1.53. The van der Waals surface area contributed by atoms with Gasteiger partial charge in [0.2, 0.25) is 0 Å². The predicted molar refractivity (Wildman–Crippen MR) is 63.6 cm³/mol. The lowest BCUT2D eigenvalue weighted by atomic mass is 10.2. The van der Waals surface area contributed by atoms with Crippen molar-refractivity contribution >= 4 is 11.3 Å². The summed E-state index contributed by atoms with van der Waals surface area (Å²) in [7, 11) is 0. The lowest BCUT2D eigenvalue weighted by Crippen LogP contribution is -2.23. The number of rotatable bonds is 5. The molecule has 0 aliphatic carbocycles. The van der Waals surface area contributed by atoms with Crippen molar-refractivity contribution in [2.45, 2.75) is 25.6 Å². The zero-order chi connectivity index (χ0) is 13.9. The minimum absolute atomic E-state index is 0.448. The molecule has 0 saturated carbocycles. The summed E-state index contributed by atoms with van der Waals surface area (Å²) in [5, 5.41) is 8.65. The maximum atomic E-state index is 12.6. The Kier molecular flexibility index (Phi) is 4.15. The Bertz CT molecular complexity index is 507. The van der Waals surface area contributed by atoms with E-state index >= 15 is 0 Å². The van der Waals surface area contributed by atoms with E-state index in [2.05, 4.69) is 25.5 Å². The number of nitrogens with one attached hydrogen (secondary N) is 2. The number of nitrogens with zero attached hydrogens (tertiary/aromatic N) is 3. The number of thiazole rings is 1. The average molecular weight is 291 g/mol. The highest BCUT2D eigenvalue weighted by molar-refractivity contribution is 7.11. The molecule has 0 fully saturated rings. The van der Waals surface area contributed by atoms with Crippen LogP contribution < -0.4 is 5.32 Å². The maximum Gasteiger partial charge on any atom is 0.443 e. The van der Waals surface area contributed by atoms with Gasteiger partial charge in [-0.25, -0.2) is 9.97 Å². The fraction of sp³-hybridized carbons (Fsp3) is 0.500. The molecular weight excluding hydrogens is 279 g/mol. The van der Waals surface area contributed by atoms with Crippen LogP contribution in [-0.4, -0.2) is 26.7 Å². The molecule has 2 N–H and O–H groups in total. The number of alkyl halides is 3. The van der Waals surface area contributed by atoms with Crippen LogP contribution in [-0.2, 0) is 6.18 Å². The van der Waals surface area contributed by atoms with Gasteiger partial charge in [-0.15, -0.1) is 11.3 Å². The highest BCUT2D eigenvalue weighted by Crippen LogP contribution is 2.35. The molecule has 0 aliphatic rings. The third-order valence-corrected chi connectivity index (χ3v) is 3.46. The Morgan fingerprint density at radius 2 is 2.21 bits per heavy atom. The van der Waals surface area contributed by atoms with Crippen molar-refractivity contribution in [3.05, 3.63) is 28.2 Å². The zero-order valence-electron chi connectivity index (χ0n) is 10.0. The van der Waals surface area contributed by atoms with Crippen molar-refractivity contribution in [3.8, 4) is 0 Å². The first-order chi connectivity index (χ1) is 9.02. The second kappa shape index (κ2) is 5.66. The Labute approximate surface area is 111 Å². The van der Waals surface area contributed by atoms with Crippen molar-refractivity contribution in [1.29, 1.82) is 0 Å². The van der Waals surface area contributed by atoms with Crippen LogP contribution in [0.2, 0.25) is 0 Å². The van der Waals surface area contributed by atoms with E-state index in [1.54, 1.807) is 0 Å². The molecule has 0 spiro atoms. The molecule has 2 aromatic rings. The van der Waals surface area contributed by atoms with Gasteiger partial charge in [0.05, 0.1) is 0 Å². The Balaban J connectivity index is 2.26. The van der Waals surface area contributed by atoms with Crippen LogP contribution >= 0.6 is 11.3 Å². The van der Waals surface area contributed by atoms with Gasteiger partial charge in [0, 0.05) is 11.1 Å². The summed E-state index contributed by atoms with van der Waals surface area (Å²) in [6.45, 7) is 2.63. The van der Waals surface area contributed by atoms with Gasteiger partial charge in [0.25, 0.3) is 0 Å². The van der Waals surface area contributed by atoms with Crippen molar-refractivity contribution in [2.24, 2.45) is 0 Å². The fourth-order valence-corrected chi connectivity index (χ4v) is 2.39. The molecule has 9 heteroatoms. The van der Waals surface area contributed by atoms with Gasteiger partial charge in [-0.3, -0.25) is 5.10 Å². The average Bonchev–Trinajstić information content (AvgIpc) is 2.99. The highest BCUT2D eigenvalue weighted by Gasteiger charge is 2.35. The number of hydrogen-bond acceptors (Lipinski definition) is 5. The molecule has 0 radical (unpaired) electrons. The van der Waals surface area contributed by atoms with Gasteiger partial charge in [-0.1, -0.05) is 6.92 Å². The summed E-state index contributed by atoms with van der Waals surface area (Å²) in [5.74, 6) is 0.478. The first kappa shape index (κ1) is 13.9. The molecule has 0 bridgehead atoms. The van der Waals surface area contributed by atoms with Crippen LogP contribution in [0.25, 0.3) is 0 Å². The van der Waals surface area contributed by atoms with Gasteiger partial charge in [0.1, 0.15) is 18.2 Å². The SMILES string of the molecule is CCCNC(c1ncn[nH]1)c1cnc(C(F)(F)F)s1. The molecule has 19 heavy (non-hydrogen) atoms. The number of halogens is 3. The molecular formula is C10H12F3N5S. The van der Waals surface area contributed by atoms with Gasteiger partial charge in [-0.05, 0) is 13.0 Å². The topological polar surface area (TPSA) is 66.5 Å². The molecule has 0 aliphatic heterocycles. The van der Waals surface area contributed by atoms with Crippen LogP contribution in [0.5, 0.6) is 0 Å². The van der Waals surface area contributed by atoms with E-state index in [4.69, 9.17) is 0 Å². The Hall–Kier alpha value is -1.48. The van der Waals surface area contributed by atoms with E-state index in [9.17, 15) is 13.2 Å². The van der Waals surface area contributed by atoms with Crippen LogP contribution in [0.15, 0.2) is 12.5 Å². The molecule has 2 heterocycles. The molecule has 0 aromatic carbocycles. The summed E-state index contributed by atoms with van der Waals surface area (Å²) in [4.78, 5) is 7.86. The predicted octanol–water partition coefficient (Wildman–Crippen LogP) is 2.37. The minimum atomic E-state index is -4.42. The molecule has 2 rings (SSSR count). The molecule has 1 unspecified atom stereocenters. The minimum Gasteiger partial charge on any atom is -0.303 e. The van der Waals surface area contributed by atoms with Crippen molar-refractivity contribution in [3.63, 3.8) is 0 Å². The van der Waals surface area contributed by atoms with E-state index in [0.717, 1.165) is 6.42 Å². The molecule has 5 nitrogen and oxygen atoms in total. The van der Waals surface area contributed by atoms with Crippen molar-refractivity contribution in [1.82, 2.24) is 25.5 Å². The Morgan fingerprint density at radius 3 is 2.74 bits per heavy atom.